The third kappa shape index (κ3) is 4.17. The molecule has 0 bridgehead atoms. The van der Waals surface area contributed by atoms with Crippen molar-refractivity contribution in [1.82, 2.24) is 25.5 Å². The first-order valence-corrected chi connectivity index (χ1v) is 8.41. The molecule has 3 rings (SSSR count). The number of benzene rings is 2. The molecule has 27 heavy (non-hydrogen) atoms. The average Bonchev–Trinajstić information content (AvgIpc) is 3.19. The molecule has 1 aromatic heterocycles. The largest absolute Gasteiger partial charge is 0.332 e. The standard InChI is InChI=1S/C19H20N6O2/c1-12-5-4-6-16(13(12)2)20-17(26)11-25(3)19(27)15-9-7-14(8-10-15)18-21-23-24-22-18/h4-10H,11H2,1-3H3,(H,20,26)(H,21,22,23,24). The minimum Gasteiger partial charge on any atom is -0.332 e. The van der Waals surface area contributed by atoms with Crippen LogP contribution in [0.15, 0.2) is 42.5 Å². The molecule has 138 valence electrons. The number of likely N-dealkylation sites (N-methyl/N-ethyl adjacent to an activating group) is 1. The number of anilines is 1. The number of rotatable bonds is 5. The maximum Gasteiger partial charge on any atom is 0.254 e. The van der Waals surface area contributed by atoms with Crippen molar-refractivity contribution in [2.75, 3.05) is 18.9 Å². The van der Waals surface area contributed by atoms with Gasteiger partial charge in [0, 0.05) is 23.9 Å². The predicted octanol–water partition coefficient (Wildman–Crippen LogP) is 2.19. The van der Waals surface area contributed by atoms with Crippen LogP contribution in [0.3, 0.4) is 0 Å². The third-order valence-corrected chi connectivity index (χ3v) is 4.34. The molecule has 2 amide bonds. The molecule has 0 saturated carbocycles. The molecule has 8 heteroatoms. The Kier molecular flexibility index (Phi) is 5.25. The monoisotopic (exact) mass is 364 g/mol. The summed E-state index contributed by atoms with van der Waals surface area (Å²) in [5.74, 6) is -0.0380. The highest BCUT2D eigenvalue weighted by Crippen LogP contribution is 2.18. The molecule has 0 atom stereocenters. The number of aromatic amines is 1. The maximum absolute atomic E-state index is 12.5. The van der Waals surface area contributed by atoms with Crippen molar-refractivity contribution in [3.05, 3.63) is 59.2 Å². The lowest BCUT2D eigenvalue weighted by Crippen LogP contribution is -2.35. The maximum atomic E-state index is 12.5. The van der Waals surface area contributed by atoms with Crippen LogP contribution in [0.25, 0.3) is 11.4 Å². The van der Waals surface area contributed by atoms with E-state index < -0.39 is 0 Å². The Balaban J connectivity index is 1.63. The van der Waals surface area contributed by atoms with Crippen molar-refractivity contribution in [2.45, 2.75) is 13.8 Å². The number of tetrazole rings is 1. The van der Waals surface area contributed by atoms with Crippen molar-refractivity contribution in [3.8, 4) is 11.4 Å². The fourth-order valence-corrected chi connectivity index (χ4v) is 2.63. The van der Waals surface area contributed by atoms with Crippen LogP contribution in [0.1, 0.15) is 21.5 Å². The number of aryl methyl sites for hydroxylation is 1. The van der Waals surface area contributed by atoms with E-state index in [1.165, 1.54) is 4.90 Å². The molecule has 8 nitrogen and oxygen atoms in total. The van der Waals surface area contributed by atoms with Crippen LogP contribution < -0.4 is 5.32 Å². The van der Waals surface area contributed by atoms with E-state index in [0.29, 0.717) is 11.4 Å². The fourth-order valence-electron chi connectivity index (χ4n) is 2.63. The van der Waals surface area contributed by atoms with E-state index in [2.05, 4.69) is 25.9 Å². The van der Waals surface area contributed by atoms with E-state index >= 15 is 0 Å². The Morgan fingerprint density at radius 2 is 1.85 bits per heavy atom. The second kappa shape index (κ2) is 7.77. The Hall–Kier alpha value is -3.55. The minimum absolute atomic E-state index is 0.0428. The van der Waals surface area contributed by atoms with Crippen LogP contribution in [0.4, 0.5) is 5.69 Å². The zero-order chi connectivity index (χ0) is 19.4. The molecule has 0 saturated heterocycles. The van der Waals surface area contributed by atoms with E-state index in [1.54, 1.807) is 31.3 Å². The van der Waals surface area contributed by atoms with Crippen LogP contribution in [0.2, 0.25) is 0 Å². The molecule has 0 unspecified atom stereocenters. The molecule has 3 aromatic rings. The lowest BCUT2D eigenvalue weighted by Gasteiger charge is -2.18. The second-order valence-corrected chi connectivity index (χ2v) is 6.27. The number of hydrogen-bond donors (Lipinski definition) is 2. The number of carbonyl (C=O) groups excluding carboxylic acids is 2. The summed E-state index contributed by atoms with van der Waals surface area (Å²) in [6, 6.07) is 12.5. The first kappa shape index (κ1) is 18.2. The van der Waals surface area contributed by atoms with Gasteiger partial charge < -0.3 is 10.2 Å². The summed E-state index contributed by atoms with van der Waals surface area (Å²) in [7, 11) is 1.60. The SMILES string of the molecule is Cc1cccc(NC(=O)CN(C)C(=O)c2ccc(-c3nn[nH]n3)cc2)c1C. The first-order chi connectivity index (χ1) is 13.0. The molecular formula is C19H20N6O2. The van der Waals surface area contributed by atoms with Crippen LogP contribution in [-0.2, 0) is 4.79 Å². The number of nitrogens with one attached hydrogen (secondary N) is 2. The van der Waals surface area contributed by atoms with Crippen LogP contribution in [-0.4, -0.2) is 50.9 Å². The van der Waals surface area contributed by atoms with Gasteiger partial charge in [-0.25, -0.2) is 0 Å². The van der Waals surface area contributed by atoms with Crippen LogP contribution in [0, 0.1) is 13.8 Å². The summed E-state index contributed by atoms with van der Waals surface area (Å²) in [5, 5.41) is 16.5. The third-order valence-electron chi connectivity index (χ3n) is 4.34. The normalized spacial score (nSPS) is 10.5. The van der Waals surface area contributed by atoms with Crippen LogP contribution >= 0.6 is 0 Å². The molecule has 2 aromatic carbocycles. The van der Waals surface area contributed by atoms with Crippen molar-refractivity contribution < 1.29 is 9.59 Å². The van der Waals surface area contributed by atoms with Gasteiger partial charge in [0.25, 0.3) is 5.91 Å². The topological polar surface area (TPSA) is 104 Å². The van der Waals surface area contributed by atoms with E-state index in [4.69, 9.17) is 0 Å². The highest BCUT2D eigenvalue weighted by molar-refractivity contribution is 5.99. The number of hydrogen-bond acceptors (Lipinski definition) is 5. The van der Waals surface area contributed by atoms with E-state index in [1.807, 2.05) is 32.0 Å². The molecule has 1 heterocycles. The highest BCUT2D eigenvalue weighted by Gasteiger charge is 2.16. The molecule has 0 aliphatic heterocycles. The second-order valence-electron chi connectivity index (χ2n) is 6.27. The van der Waals surface area contributed by atoms with Crippen molar-refractivity contribution >= 4 is 17.5 Å². The molecule has 0 fully saturated rings. The van der Waals surface area contributed by atoms with E-state index in [-0.39, 0.29) is 18.4 Å². The Morgan fingerprint density at radius 1 is 1.11 bits per heavy atom. The summed E-state index contributed by atoms with van der Waals surface area (Å²) < 4.78 is 0. The van der Waals surface area contributed by atoms with Gasteiger partial charge in [0.05, 0.1) is 6.54 Å². The van der Waals surface area contributed by atoms with Gasteiger partial charge >= 0.3 is 0 Å². The van der Waals surface area contributed by atoms with Gasteiger partial charge in [-0.1, -0.05) is 24.3 Å². The smallest absolute Gasteiger partial charge is 0.254 e. The van der Waals surface area contributed by atoms with Gasteiger partial charge in [0.1, 0.15) is 0 Å². The first-order valence-electron chi connectivity index (χ1n) is 8.41. The average molecular weight is 364 g/mol. The lowest BCUT2D eigenvalue weighted by molar-refractivity contribution is -0.116. The van der Waals surface area contributed by atoms with Gasteiger partial charge in [0.2, 0.25) is 11.7 Å². The van der Waals surface area contributed by atoms with Gasteiger partial charge in [-0.2, -0.15) is 5.21 Å². The zero-order valence-electron chi connectivity index (χ0n) is 15.4. The molecule has 0 radical (unpaired) electrons. The number of nitrogens with zero attached hydrogens (tertiary/aromatic N) is 4. The van der Waals surface area contributed by atoms with Crippen molar-refractivity contribution in [2.24, 2.45) is 0 Å². The number of aromatic nitrogens is 4. The molecule has 0 spiro atoms. The predicted molar refractivity (Wildman–Crippen MR) is 101 cm³/mol. The Labute approximate surface area is 156 Å². The molecule has 2 N–H and O–H groups in total. The minimum atomic E-state index is -0.247. The zero-order valence-corrected chi connectivity index (χ0v) is 15.4. The van der Waals surface area contributed by atoms with Gasteiger partial charge in [-0.3, -0.25) is 9.59 Å². The Morgan fingerprint density at radius 3 is 2.52 bits per heavy atom. The Bertz CT molecular complexity index is 951. The summed E-state index contributed by atoms with van der Waals surface area (Å²) >= 11 is 0. The molecule has 0 aliphatic rings. The van der Waals surface area contributed by atoms with Gasteiger partial charge in [-0.05, 0) is 48.4 Å². The van der Waals surface area contributed by atoms with E-state index in [9.17, 15) is 9.59 Å². The number of H-pyrrole nitrogens is 1. The summed E-state index contributed by atoms with van der Waals surface area (Å²) in [6.07, 6.45) is 0. The molecular weight excluding hydrogens is 344 g/mol. The number of carbonyl (C=O) groups is 2. The van der Waals surface area contributed by atoms with Crippen LogP contribution in [0.5, 0.6) is 0 Å². The summed E-state index contributed by atoms with van der Waals surface area (Å²) in [6.45, 7) is 3.89. The summed E-state index contributed by atoms with van der Waals surface area (Å²) in [5.41, 5.74) is 4.08. The van der Waals surface area contributed by atoms with Gasteiger partial charge in [0.15, 0.2) is 0 Å². The quantitative estimate of drug-likeness (QED) is 0.722. The van der Waals surface area contributed by atoms with E-state index in [0.717, 1.165) is 22.4 Å². The summed E-state index contributed by atoms with van der Waals surface area (Å²) in [4.78, 5) is 26.2. The van der Waals surface area contributed by atoms with Crippen molar-refractivity contribution in [1.29, 1.82) is 0 Å². The fraction of sp³-hybridized carbons (Fsp3) is 0.211. The van der Waals surface area contributed by atoms with Crippen molar-refractivity contribution in [3.63, 3.8) is 0 Å². The molecule has 0 aliphatic carbocycles. The number of amides is 2. The highest BCUT2D eigenvalue weighted by atomic mass is 16.2. The van der Waals surface area contributed by atoms with Gasteiger partial charge in [-0.15, -0.1) is 10.2 Å². The lowest BCUT2D eigenvalue weighted by atomic mass is 10.1.